The molecular formula is C11H12N2O. The molecular weight excluding hydrogens is 176 g/mol. The number of hydrogen-bond acceptors (Lipinski definition) is 2. The number of aldehydes is 1. The van der Waals surface area contributed by atoms with E-state index >= 15 is 0 Å². The number of rotatable bonds is 2. The SMILES string of the molecule is CCc1cnc2cc(C=O)n(C)c2c1. The number of carbonyl (C=O) groups excluding carboxylic acids is 1. The van der Waals surface area contributed by atoms with Gasteiger partial charge in [-0.15, -0.1) is 0 Å². The van der Waals surface area contributed by atoms with E-state index in [1.54, 1.807) is 0 Å². The number of fused-ring (bicyclic) bond motifs is 1. The van der Waals surface area contributed by atoms with Crippen molar-refractivity contribution in [1.82, 2.24) is 9.55 Å². The Morgan fingerprint density at radius 2 is 2.29 bits per heavy atom. The lowest BCUT2D eigenvalue weighted by atomic mass is 10.2. The number of aryl methyl sites for hydroxylation is 2. The molecule has 0 unspecified atom stereocenters. The summed E-state index contributed by atoms with van der Waals surface area (Å²) < 4.78 is 1.87. The summed E-state index contributed by atoms with van der Waals surface area (Å²) >= 11 is 0. The van der Waals surface area contributed by atoms with Crippen molar-refractivity contribution < 1.29 is 4.79 Å². The molecule has 2 rings (SSSR count). The van der Waals surface area contributed by atoms with E-state index in [1.165, 1.54) is 5.56 Å². The minimum atomic E-state index is 0.667. The molecule has 0 spiro atoms. The highest BCUT2D eigenvalue weighted by atomic mass is 16.1. The molecule has 72 valence electrons. The van der Waals surface area contributed by atoms with Crippen molar-refractivity contribution >= 4 is 17.3 Å². The van der Waals surface area contributed by atoms with E-state index in [9.17, 15) is 4.79 Å². The molecule has 0 atom stereocenters. The van der Waals surface area contributed by atoms with Crippen LogP contribution in [-0.2, 0) is 13.5 Å². The van der Waals surface area contributed by atoms with Gasteiger partial charge in [-0.1, -0.05) is 6.92 Å². The number of aromatic nitrogens is 2. The third kappa shape index (κ3) is 1.21. The second kappa shape index (κ2) is 3.25. The van der Waals surface area contributed by atoms with E-state index < -0.39 is 0 Å². The molecule has 0 aliphatic rings. The van der Waals surface area contributed by atoms with Gasteiger partial charge in [-0.3, -0.25) is 9.78 Å². The fourth-order valence-corrected chi connectivity index (χ4v) is 1.57. The van der Waals surface area contributed by atoms with Crippen LogP contribution in [0.15, 0.2) is 18.3 Å². The molecule has 2 heterocycles. The van der Waals surface area contributed by atoms with Crippen molar-refractivity contribution in [2.75, 3.05) is 0 Å². The third-order valence-corrected chi connectivity index (χ3v) is 2.52. The topological polar surface area (TPSA) is 34.9 Å². The Balaban J connectivity index is 2.74. The maximum Gasteiger partial charge on any atom is 0.166 e. The molecule has 14 heavy (non-hydrogen) atoms. The molecule has 0 N–H and O–H groups in total. The quantitative estimate of drug-likeness (QED) is 0.675. The molecule has 2 aromatic rings. The van der Waals surface area contributed by atoms with Gasteiger partial charge in [0.05, 0.1) is 16.7 Å². The molecule has 0 saturated heterocycles. The number of nitrogens with zero attached hydrogens (tertiary/aromatic N) is 2. The Morgan fingerprint density at radius 1 is 1.50 bits per heavy atom. The summed E-state index contributed by atoms with van der Waals surface area (Å²) in [5.74, 6) is 0. The minimum Gasteiger partial charge on any atom is -0.340 e. The van der Waals surface area contributed by atoms with Crippen LogP contribution in [0.2, 0.25) is 0 Å². The van der Waals surface area contributed by atoms with E-state index in [2.05, 4.69) is 18.0 Å². The van der Waals surface area contributed by atoms with Crippen molar-refractivity contribution in [3.05, 3.63) is 29.6 Å². The van der Waals surface area contributed by atoms with E-state index in [-0.39, 0.29) is 0 Å². The highest BCUT2D eigenvalue weighted by Crippen LogP contribution is 2.16. The molecule has 0 aromatic carbocycles. The molecule has 0 saturated carbocycles. The van der Waals surface area contributed by atoms with Crippen LogP contribution in [0, 0.1) is 0 Å². The van der Waals surface area contributed by atoms with Gasteiger partial charge in [-0.05, 0) is 24.1 Å². The molecule has 0 radical (unpaired) electrons. The Hall–Kier alpha value is -1.64. The summed E-state index contributed by atoms with van der Waals surface area (Å²) in [6.07, 6.45) is 3.68. The largest absolute Gasteiger partial charge is 0.340 e. The van der Waals surface area contributed by atoms with E-state index in [0.29, 0.717) is 5.69 Å². The van der Waals surface area contributed by atoms with Gasteiger partial charge in [0.2, 0.25) is 0 Å². The number of pyridine rings is 1. The van der Waals surface area contributed by atoms with Gasteiger partial charge in [-0.2, -0.15) is 0 Å². The monoisotopic (exact) mass is 188 g/mol. The van der Waals surface area contributed by atoms with Crippen molar-refractivity contribution in [3.63, 3.8) is 0 Å². The van der Waals surface area contributed by atoms with Crippen molar-refractivity contribution in [1.29, 1.82) is 0 Å². The van der Waals surface area contributed by atoms with Gasteiger partial charge in [0.1, 0.15) is 0 Å². The van der Waals surface area contributed by atoms with Crippen LogP contribution < -0.4 is 0 Å². The first-order valence-electron chi connectivity index (χ1n) is 4.65. The van der Waals surface area contributed by atoms with Gasteiger partial charge in [0.15, 0.2) is 6.29 Å². The second-order valence-electron chi connectivity index (χ2n) is 3.35. The van der Waals surface area contributed by atoms with Crippen molar-refractivity contribution in [2.24, 2.45) is 7.05 Å². The van der Waals surface area contributed by atoms with Gasteiger partial charge >= 0.3 is 0 Å². The van der Waals surface area contributed by atoms with Gasteiger partial charge in [0.25, 0.3) is 0 Å². The second-order valence-corrected chi connectivity index (χ2v) is 3.35. The zero-order valence-electron chi connectivity index (χ0n) is 8.32. The first kappa shape index (κ1) is 8.94. The van der Waals surface area contributed by atoms with Gasteiger partial charge in [-0.25, -0.2) is 0 Å². The van der Waals surface area contributed by atoms with Crippen LogP contribution >= 0.6 is 0 Å². The third-order valence-electron chi connectivity index (χ3n) is 2.52. The minimum absolute atomic E-state index is 0.667. The lowest BCUT2D eigenvalue weighted by Gasteiger charge is -1.99. The van der Waals surface area contributed by atoms with Crippen molar-refractivity contribution in [2.45, 2.75) is 13.3 Å². The molecule has 0 aliphatic carbocycles. The highest BCUT2D eigenvalue weighted by Gasteiger charge is 2.05. The zero-order chi connectivity index (χ0) is 10.1. The van der Waals surface area contributed by atoms with Crippen LogP contribution in [0.3, 0.4) is 0 Å². The van der Waals surface area contributed by atoms with Gasteiger partial charge < -0.3 is 4.57 Å². The summed E-state index contributed by atoms with van der Waals surface area (Å²) in [4.78, 5) is 15.0. The van der Waals surface area contributed by atoms with Crippen LogP contribution in [-0.4, -0.2) is 15.8 Å². The van der Waals surface area contributed by atoms with Crippen LogP contribution in [0.5, 0.6) is 0 Å². The summed E-state index contributed by atoms with van der Waals surface area (Å²) in [5, 5.41) is 0. The normalized spacial score (nSPS) is 10.7. The Kier molecular flexibility index (Phi) is 2.08. The maximum absolute atomic E-state index is 10.7. The van der Waals surface area contributed by atoms with E-state index in [1.807, 2.05) is 23.9 Å². The van der Waals surface area contributed by atoms with Crippen LogP contribution in [0.1, 0.15) is 23.0 Å². The first-order chi connectivity index (χ1) is 6.76. The molecule has 0 amide bonds. The fraction of sp³-hybridized carbons (Fsp3) is 0.273. The van der Waals surface area contributed by atoms with E-state index in [0.717, 1.165) is 23.7 Å². The summed E-state index contributed by atoms with van der Waals surface area (Å²) in [5.41, 5.74) is 3.76. The van der Waals surface area contributed by atoms with Gasteiger partial charge in [0, 0.05) is 13.2 Å². The van der Waals surface area contributed by atoms with Crippen LogP contribution in [0.25, 0.3) is 11.0 Å². The molecule has 0 aliphatic heterocycles. The predicted molar refractivity (Wildman–Crippen MR) is 55.5 cm³/mol. The van der Waals surface area contributed by atoms with Crippen LogP contribution in [0.4, 0.5) is 0 Å². The summed E-state index contributed by atoms with van der Waals surface area (Å²) in [6.45, 7) is 2.09. The zero-order valence-corrected chi connectivity index (χ0v) is 8.32. The molecule has 0 bridgehead atoms. The lowest BCUT2D eigenvalue weighted by Crippen LogP contribution is -1.94. The maximum atomic E-state index is 10.7. The fourth-order valence-electron chi connectivity index (χ4n) is 1.57. The van der Waals surface area contributed by atoms with Crippen molar-refractivity contribution in [3.8, 4) is 0 Å². The summed E-state index contributed by atoms with van der Waals surface area (Å²) in [7, 11) is 1.88. The standard InChI is InChI=1S/C11H12N2O/c1-3-8-4-11-10(12-6-8)5-9(7-14)13(11)2/h4-7H,3H2,1-2H3. The molecule has 3 nitrogen and oxygen atoms in total. The number of carbonyl (C=O) groups is 1. The highest BCUT2D eigenvalue weighted by molar-refractivity contribution is 5.86. The molecule has 0 fully saturated rings. The van der Waals surface area contributed by atoms with E-state index in [4.69, 9.17) is 0 Å². The lowest BCUT2D eigenvalue weighted by molar-refractivity contribution is 0.111. The average molecular weight is 188 g/mol. The first-order valence-corrected chi connectivity index (χ1v) is 4.65. The Bertz CT molecular complexity index is 485. The Labute approximate surface area is 82.4 Å². The predicted octanol–water partition coefficient (Wildman–Crippen LogP) is 1.95. The average Bonchev–Trinajstić information content (AvgIpc) is 2.55. The Morgan fingerprint density at radius 3 is 2.93 bits per heavy atom. The molecule has 2 aromatic heterocycles. The molecule has 3 heteroatoms. The number of hydrogen-bond donors (Lipinski definition) is 0. The summed E-state index contributed by atoms with van der Waals surface area (Å²) in [6, 6.07) is 3.89. The smallest absolute Gasteiger partial charge is 0.166 e.